The summed E-state index contributed by atoms with van der Waals surface area (Å²) in [6, 6.07) is 0.407. The normalized spacial score (nSPS) is 21.3. The molecule has 3 heterocycles. The Morgan fingerprint density at radius 2 is 1.91 bits per heavy atom. The van der Waals surface area contributed by atoms with E-state index in [1.165, 1.54) is 4.68 Å². The molecule has 1 aromatic rings. The summed E-state index contributed by atoms with van der Waals surface area (Å²) in [5.41, 5.74) is -0.201. The van der Waals surface area contributed by atoms with Crippen molar-refractivity contribution in [3.05, 3.63) is 11.6 Å². The standard InChI is InChI=1S/C16H27N5O2/c1-11(2)14-17-13(5)21(18-14)15(22)20-9-16(10-20)8-19(12(3)4)6-7-23-16/h11-12H,6-10H2,1-5H3. The first-order valence-corrected chi connectivity index (χ1v) is 8.42. The number of hydrogen-bond donors (Lipinski definition) is 0. The fourth-order valence-electron chi connectivity index (χ4n) is 3.26. The van der Waals surface area contributed by atoms with Crippen molar-refractivity contribution in [2.24, 2.45) is 0 Å². The van der Waals surface area contributed by atoms with Crippen LogP contribution in [0.15, 0.2) is 0 Å². The van der Waals surface area contributed by atoms with E-state index in [0.717, 1.165) is 19.7 Å². The molecule has 0 N–H and O–H groups in total. The lowest BCUT2D eigenvalue weighted by molar-refractivity contribution is -0.175. The van der Waals surface area contributed by atoms with Crippen molar-refractivity contribution in [2.45, 2.75) is 52.2 Å². The molecule has 7 nitrogen and oxygen atoms in total. The van der Waals surface area contributed by atoms with Gasteiger partial charge in [0.2, 0.25) is 0 Å². The summed E-state index contributed by atoms with van der Waals surface area (Å²) in [6.45, 7) is 14.1. The number of ether oxygens (including phenoxy) is 1. The van der Waals surface area contributed by atoms with Gasteiger partial charge in [0.15, 0.2) is 5.82 Å². The minimum absolute atomic E-state index is 0.0993. The highest BCUT2D eigenvalue weighted by Crippen LogP contribution is 2.30. The predicted molar refractivity (Wildman–Crippen MR) is 86.6 cm³/mol. The fourth-order valence-corrected chi connectivity index (χ4v) is 3.26. The van der Waals surface area contributed by atoms with E-state index in [4.69, 9.17) is 4.74 Å². The monoisotopic (exact) mass is 321 g/mol. The summed E-state index contributed by atoms with van der Waals surface area (Å²) in [5, 5.41) is 4.35. The Bertz CT molecular complexity index is 589. The number of carbonyl (C=O) groups is 1. The molecule has 0 radical (unpaired) electrons. The number of amides is 1. The van der Waals surface area contributed by atoms with E-state index >= 15 is 0 Å². The van der Waals surface area contributed by atoms with Gasteiger partial charge in [0, 0.05) is 25.0 Å². The molecule has 0 aliphatic carbocycles. The maximum absolute atomic E-state index is 12.6. The first kappa shape index (κ1) is 16.4. The van der Waals surface area contributed by atoms with Crippen LogP contribution in [0.25, 0.3) is 0 Å². The highest BCUT2D eigenvalue weighted by atomic mass is 16.5. The number of hydrogen-bond acceptors (Lipinski definition) is 5. The molecule has 0 saturated carbocycles. The van der Waals surface area contributed by atoms with Crippen LogP contribution in [0.4, 0.5) is 4.79 Å². The van der Waals surface area contributed by atoms with Gasteiger partial charge in [-0.05, 0) is 20.8 Å². The average Bonchev–Trinajstić information content (AvgIpc) is 2.86. The molecule has 2 aliphatic heterocycles. The molecule has 1 spiro atoms. The van der Waals surface area contributed by atoms with Crippen molar-refractivity contribution < 1.29 is 9.53 Å². The van der Waals surface area contributed by atoms with Gasteiger partial charge < -0.3 is 9.64 Å². The number of aromatic nitrogens is 3. The van der Waals surface area contributed by atoms with Gasteiger partial charge in [-0.3, -0.25) is 4.90 Å². The Labute approximate surface area is 137 Å². The van der Waals surface area contributed by atoms with E-state index < -0.39 is 0 Å². The summed E-state index contributed by atoms with van der Waals surface area (Å²) in [7, 11) is 0. The van der Waals surface area contributed by atoms with E-state index in [1.807, 2.05) is 20.8 Å². The molecular weight excluding hydrogens is 294 g/mol. The van der Waals surface area contributed by atoms with Crippen LogP contribution in [0.3, 0.4) is 0 Å². The molecule has 1 aromatic heterocycles. The molecule has 2 aliphatic rings. The van der Waals surface area contributed by atoms with Gasteiger partial charge in [-0.15, -0.1) is 5.10 Å². The van der Waals surface area contributed by atoms with Gasteiger partial charge >= 0.3 is 6.03 Å². The topological polar surface area (TPSA) is 63.5 Å². The molecule has 0 aromatic carbocycles. The van der Waals surface area contributed by atoms with Gasteiger partial charge in [0.1, 0.15) is 11.4 Å². The number of carbonyl (C=O) groups excluding carboxylic acids is 1. The zero-order valence-electron chi connectivity index (χ0n) is 14.7. The lowest BCUT2D eigenvalue weighted by Crippen LogP contribution is -2.72. The van der Waals surface area contributed by atoms with Crippen LogP contribution in [-0.2, 0) is 4.74 Å². The SMILES string of the molecule is Cc1nc(C(C)C)nn1C(=O)N1CC2(C1)CN(C(C)C)CCO2. The van der Waals surface area contributed by atoms with Gasteiger partial charge in [0.05, 0.1) is 19.7 Å². The molecule has 0 bridgehead atoms. The second kappa shape index (κ2) is 5.87. The third kappa shape index (κ3) is 2.99. The number of nitrogens with zero attached hydrogens (tertiary/aromatic N) is 5. The molecule has 2 saturated heterocycles. The van der Waals surface area contributed by atoms with Gasteiger partial charge in [-0.25, -0.2) is 9.78 Å². The molecule has 23 heavy (non-hydrogen) atoms. The third-order valence-electron chi connectivity index (χ3n) is 4.72. The lowest BCUT2D eigenvalue weighted by atomic mass is 9.91. The van der Waals surface area contributed by atoms with Crippen molar-refractivity contribution in [1.82, 2.24) is 24.6 Å². The van der Waals surface area contributed by atoms with Crippen molar-refractivity contribution >= 4 is 6.03 Å². The second-order valence-electron chi connectivity index (χ2n) is 7.32. The lowest BCUT2D eigenvalue weighted by Gasteiger charge is -2.54. The quantitative estimate of drug-likeness (QED) is 0.825. The molecule has 3 rings (SSSR count). The van der Waals surface area contributed by atoms with Crippen molar-refractivity contribution in [1.29, 1.82) is 0 Å². The predicted octanol–water partition coefficient (Wildman–Crippen LogP) is 1.47. The smallest absolute Gasteiger partial charge is 0.346 e. The van der Waals surface area contributed by atoms with Crippen LogP contribution < -0.4 is 0 Å². The highest BCUT2D eigenvalue weighted by Gasteiger charge is 2.50. The maximum Gasteiger partial charge on any atom is 0.346 e. The minimum Gasteiger partial charge on any atom is -0.369 e. The van der Waals surface area contributed by atoms with E-state index in [-0.39, 0.29) is 17.6 Å². The van der Waals surface area contributed by atoms with Crippen molar-refractivity contribution in [2.75, 3.05) is 32.8 Å². The first-order chi connectivity index (χ1) is 10.8. The fraction of sp³-hybridized carbons (Fsp3) is 0.812. The van der Waals surface area contributed by atoms with Crippen LogP contribution in [0, 0.1) is 6.92 Å². The van der Waals surface area contributed by atoms with Gasteiger partial charge in [-0.1, -0.05) is 13.8 Å². The van der Waals surface area contributed by atoms with Crippen LogP contribution >= 0.6 is 0 Å². The first-order valence-electron chi connectivity index (χ1n) is 8.42. The van der Waals surface area contributed by atoms with E-state index in [9.17, 15) is 4.79 Å². The van der Waals surface area contributed by atoms with E-state index in [1.54, 1.807) is 4.90 Å². The number of likely N-dealkylation sites (tertiary alicyclic amines) is 1. The Morgan fingerprint density at radius 1 is 1.22 bits per heavy atom. The summed E-state index contributed by atoms with van der Waals surface area (Å²) in [4.78, 5) is 21.2. The van der Waals surface area contributed by atoms with Crippen molar-refractivity contribution in [3.63, 3.8) is 0 Å². The minimum atomic E-state index is -0.201. The summed E-state index contributed by atoms with van der Waals surface area (Å²) < 4.78 is 7.41. The van der Waals surface area contributed by atoms with Crippen LogP contribution in [-0.4, -0.2) is 75.0 Å². The number of morpholine rings is 1. The average molecular weight is 321 g/mol. The third-order valence-corrected chi connectivity index (χ3v) is 4.72. The van der Waals surface area contributed by atoms with Gasteiger partial charge in [-0.2, -0.15) is 4.68 Å². The van der Waals surface area contributed by atoms with Gasteiger partial charge in [0.25, 0.3) is 0 Å². The number of aryl methyl sites for hydroxylation is 1. The molecule has 2 fully saturated rings. The summed E-state index contributed by atoms with van der Waals surface area (Å²) in [6.07, 6.45) is 0. The molecule has 0 atom stereocenters. The highest BCUT2D eigenvalue weighted by molar-refractivity contribution is 5.77. The van der Waals surface area contributed by atoms with E-state index in [0.29, 0.717) is 30.8 Å². The van der Waals surface area contributed by atoms with Crippen LogP contribution in [0.1, 0.15) is 45.3 Å². The zero-order chi connectivity index (χ0) is 16.8. The largest absolute Gasteiger partial charge is 0.369 e. The van der Waals surface area contributed by atoms with E-state index in [2.05, 4.69) is 28.8 Å². The Kier molecular flexibility index (Phi) is 4.18. The maximum atomic E-state index is 12.6. The van der Waals surface area contributed by atoms with Crippen LogP contribution in [0.2, 0.25) is 0 Å². The molecular formula is C16H27N5O2. The molecule has 128 valence electrons. The van der Waals surface area contributed by atoms with Crippen molar-refractivity contribution in [3.8, 4) is 0 Å². The molecule has 1 amide bonds. The Morgan fingerprint density at radius 3 is 2.48 bits per heavy atom. The number of rotatable bonds is 2. The Hall–Kier alpha value is -1.47. The van der Waals surface area contributed by atoms with Crippen LogP contribution in [0.5, 0.6) is 0 Å². The summed E-state index contributed by atoms with van der Waals surface area (Å²) >= 11 is 0. The second-order valence-corrected chi connectivity index (χ2v) is 7.32. The molecule has 0 unspecified atom stereocenters. The summed E-state index contributed by atoms with van der Waals surface area (Å²) in [5.74, 6) is 1.57. The molecule has 7 heteroatoms. The Balaban J connectivity index is 1.66. The zero-order valence-corrected chi connectivity index (χ0v) is 14.7.